The van der Waals surface area contributed by atoms with Crippen molar-refractivity contribution in [1.82, 2.24) is 0 Å². The molecule has 0 bridgehead atoms. The van der Waals surface area contributed by atoms with Crippen molar-refractivity contribution in [3.63, 3.8) is 0 Å². The smallest absolute Gasteiger partial charge is 0.193 e. The van der Waals surface area contributed by atoms with Gasteiger partial charge in [0.15, 0.2) is 5.78 Å². The Hall–Kier alpha value is -1.67. The van der Waals surface area contributed by atoms with Crippen LogP contribution in [0.4, 0.5) is 4.39 Å². The van der Waals surface area contributed by atoms with Crippen LogP contribution >= 0.6 is 11.6 Å². The predicted octanol–water partition coefficient (Wildman–Crippen LogP) is 4.33. The van der Waals surface area contributed by atoms with Gasteiger partial charge >= 0.3 is 0 Å². The Kier molecular flexibility index (Phi) is 3.48. The first-order chi connectivity index (χ1) is 8.49. The van der Waals surface area contributed by atoms with Crippen molar-refractivity contribution >= 4 is 17.4 Å². The fourth-order valence-electron chi connectivity index (χ4n) is 1.77. The van der Waals surface area contributed by atoms with Crippen molar-refractivity contribution in [3.05, 3.63) is 69.5 Å². The second kappa shape index (κ2) is 4.91. The van der Waals surface area contributed by atoms with Crippen molar-refractivity contribution in [3.8, 4) is 0 Å². The van der Waals surface area contributed by atoms with Gasteiger partial charge < -0.3 is 0 Å². The van der Waals surface area contributed by atoms with E-state index in [1.54, 1.807) is 37.3 Å². The fraction of sp³-hybridized carbons (Fsp3) is 0.133. The summed E-state index contributed by atoms with van der Waals surface area (Å²) in [4.78, 5) is 12.2. The van der Waals surface area contributed by atoms with Gasteiger partial charge in [-0.2, -0.15) is 0 Å². The van der Waals surface area contributed by atoms with Crippen molar-refractivity contribution in [2.75, 3.05) is 0 Å². The summed E-state index contributed by atoms with van der Waals surface area (Å²) in [7, 11) is 0. The maximum absolute atomic E-state index is 13.4. The quantitative estimate of drug-likeness (QED) is 0.737. The van der Waals surface area contributed by atoms with Crippen LogP contribution < -0.4 is 0 Å². The van der Waals surface area contributed by atoms with Crippen LogP contribution in [0, 0.1) is 19.7 Å². The number of hydrogen-bond acceptors (Lipinski definition) is 1. The zero-order chi connectivity index (χ0) is 13.3. The molecule has 18 heavy (non-hydrogen) atoms. The second-order valence-electron chi connectivity index (χ2n) is 4.25. The molecule has 0 radical (unpaired) electrons. The highest BCUT2D eigenvalue weighted by atomic mass is 35.5. The maximum atomic E-state index is 13.4. The molecule has 0 amide bonds. The molecule has 0 aliphatic rings. The predicted molar refractivity (Wildman–Crippen MR) is 70.8 cm³/mol. The van der Waals surface area contributed by atoms with Gasteiger partial charge in [0.1, 0.15) is 5.82 Å². The lowest BCUT2D eigenvalue weighted by atomic mass is 9.98. The molecular weight excluding hydrogens is 251 g/mol. The van der Waals surface area contributed by atoms with Crippen LogP contribution in [0.15, 0.2) is 36.4 Å². The molecule has 3 heteroatoms. The summed E-state index contributed by atoms with van der Waals surface area (Å²) < 4.78 is 13.4. The molecule has 0 aliphatic carbocycles. The van der Waals surface area contributed by atoms with Gasteiger partial charge in [-0.15, -0.1) is 0 Å². The van der Waals surface area contributed by atoms with Crippen LogP contribution in [0.1, 0.15) is 27.0 Å². The van der Waals surface area contributed by atoms with Crippen LogP contribution in [0.25, 0.3) is 0 Å². The van der Waals surface area contributed by atoms with Gasteiger partial charge in [-0.3, -0.25) is 4.79 Å². The van der Waals surface area contributed by atoms with E-state index in [4.69, 9.17) is 11.6 Å². The summed E-state index contributed by atoms with van der Waals surface area (Å²) in [5.74, 6) is -0.560. The first-order valence-electron chi connectivity index (χ1n) is 5.56. The minimum atomic E-state index is -0.368. The van der Waals surface area contributed by atoms with Gasteiger partial charge in [0, 0.05) is 16.1 Å². The number of rotatable bonds is 2. The molecule has 0 aromatic heterocycles. The summed E-state index contributed by atoms with van der Waals surface area (Å²) in [6.45, 7) is 3.47. The summed E-state index contributed by atoms with van der Waals surface area (Å²) >= 11 is 5.84. The molecule has 0 atom stereocenters. The second-order valence-corrected chi connectivity index (χ2v) is 4.69. The van der Waals surface area contributed by atoms with Crippen LogP contribution in [0.5, 0.6) is 0 Å². The van der Waals surface area contributed by atoms with Crippen molar-refractivity contribution in [2.45, 2.75) is 13.8 Å². The monoisotopic (exact) mass is 262 g/mol. The summed E-state index contributed by atoms with van der Waals surface area (Å²) in [6, 6.07) is 9.55. The molecular formula is C15H12ClFO. The van der Waals surface area contributed by atoms with E-state index in [9.17, 15) is 9.18 Å². The first kappa shape index (κ1) is 12.8. The number of hydrogen-bond donors (Lipinski definition) is 0. The van der Waals surface area contributed by atoms with E-state index in [1.807, 2.05) is 6.92 Å². The Morgan fingerprint density at radius 2 is 1.78 bits per heavy atom. The highest BCUT2D eigenvalue weighted by Crippen LogP contribution is 2.19. The number of ketones is 1. The Morgan fingerprint density at radius 3 is 2.39 bits per heavy atom. The molecule has 0 saturated heterocycles. The largest absolute Gasteiger partial charge is 0.289 e. The average Bonchev–Trinajstić information content (AvgIpc) is 2.32. The number of carbonyl (C=O) groups excluding carboxylic acids is 1. The van der Waals surface area contributed by atoms with E-state index in [2.05, 4.69) is 0 Å². The van der Waals surface area contributed by atoms with E-state index >= 15 is 0 Å². The fourth-order valence-corrected chi connectivity index (χ4v) is 2.00. The van der Waals surface area contributed by atoms with Crippen molar-refractivity contribution < 1.29 is 9.18 Å². The molecule has 2 aromatic carbocycles. The standard InChI is InChI=1S/C15H12ClFO/c1-9-3-4-11(8-14(9)17)15(18)13-6-5-12(16)7-10(13)2/h3-8H,1-2H3. The number of carbonyl (C=O) groups is 1. The third-order valence-corrected chi connectivity index (χ3v) is 3.10. The molecule has 0 saturated carbocycles. The summed E-state index contributed by atoms with van der Waals surface area (Å²) in [5, 5.41) is 0.583. The molecule has 0 spiro atoms. The lowest BCUT2D eigenvalue weighted by molar-refractivity contribution is 0.103. The van der Waals surface area contributed by atoms with E-state index in [-0.39, 0.29) is 11.6 Å². The average molecular weight is 263 g/mol. The Balaban J connectivity index is 2.44. The van der Waals surface area contributed by atoms with E-state index in [1.165, 1.54) is 6.07 Å². The van der Waals surface area contributed by atoms with Crippen LogP contribution in [0.3, 0.4) is 0 Å². The Labute approximate surface area is 110 Å². The summed E-state index contributed by atoms with van der Waals surface area (Å²) in [6.07, 6.45) is 0. The molecule has 2 aromatic rings. The highest BCUT2D eigenvalue weighted by Gasteiger charge is 2.13. The van der Waals surface area contributed by atoms with Gasteiger partial charge in [-0.1, -0.05) is 23.7 Å². The van der Waals surface area contributed by atoms with E-state index < -0.39 is 0 Å². The van der Waals surface area contributed by atoms with E-state index in [0.29, 0.717) is 21.7 Å². The Bertz CT molecular complexity index is 620. The minimum absolute atomic E-state index is 0.192. The van der Waals surface area contributed by atoms with Crippen LogP contribution in [0.2, 0.25) is 5.02 Å². The lowest BCUT2D eigenvalue weighted by Crippen LogP contribution is -2.04. The van der Waals surface area contributed by atoms with E-state index in [0.717, 1.165) is 5.56 Å². The number of halogens is 2. The van der Waals surface area contributed by atoms with Gasteiger partial charge in [0.2, 0.25) is 0 Å². The minimum Gasteiger partial charge on any atom is -0.289 e. The molecule has 2 rings (SSSR count). The zero-order valence-corrected chi connectivity index (χ0v) is 10.9. The first-order valence-corrected chi connectivity index (χ1v) is 5.94. The molecule has 0 aliphatic heterocycles. The summed E-state index contributed by atoms with van der Waals surface area (Å²) in [5.41, 5.74) is 2.21. The normalized spacial score (nSPS) is 10.4. The highest BCUT2D eigenvalue weighted by molar-refractivity contribution is 6.30. The molecule has 0 unspecified atom stereocenters. The zero-order valence-electron chi connectivity index (χ0n) is 10.1. The third-order valence-electron chi connectivity index (χ3n) is 2.87. The van der Waals surface area contributed by atoms with Crippen LogP contribution in [-0.2, 0) is 0 Å². The van der Waals surface area contributed by atoms with Crippen LogP contribution in [-0.4, -0.2) is 5.78 Å². The SMILES string of the molecule is Cc1ccc(C(=O)c2ccc(Cl)cc2C)cc1F. The Morgan fingerprint density at radius 1 is 1.06 bits per heavy atom. The maximum Gasteiger partial charge on any atom is 0.193 e. The van der Waals surface area contributed by atoms with Gasteiger partial charge in [-0.25, -0.2) is 4.39 Å². The number of benzene rings is 2. The third kappa shape index (κ3) is 2.44. The molecule has 92 valence electrons. The van der Waals surface area contributed by atoms with Crippen molar-refractivity contribution in [1.29, 1.82) is 0 Å². The number of aryl methyl sites for hydroxylation is 2. The molecule has 1 nitrogen and oxygen atoms in total. The molecule has 0 N–H and O–H groups in total. The lowest BCUT2D eigenvalue weighted by Gasteiger charge is -2.06. The van der Waals surface area contributed by atoms with Gasteiger partial charge in [0.25, 0.3) is 0 Å². The van der Waals surface area contributed by atoms with Crippen molar-refractivity contribution in [2.24, 2.45) is 0 Å². The molecule has 0 heterocycles. The van der Waals surface area contributed by atoms with Gasteiger partial charge in [0.05, 0.1) is 0 Å². The van der Waals surface area contributed by atoms with Gasteiger partial charge in [-0.05, 0) is 49.2 Å². The molecule has 0 fully saturated rings. The topological polar surface area (TPSA) is 17.1 Å².